The summed E-state index contributed by atoms with van der Waals surface area (Å²) in [6, 6.07) is 3.87. The third-order valence-electron chi connectivity index (χ3n) is 4.05. The molecule has 1 saturated carbocycles. The molecule has 0 unspecified atom stereocenters. The summed E-state index contributed by atoms with van der Waals surface area (Å²) >= 11 is 0. The molecular formula is C16H20N2O3. The van der Waals surface area contributed by atoms with Crippen molar-refractivity contribution in [2.45, 2.75) is 51.6 Å². The molecule has 1 fully saturated rings. The van der Waals surface area contributed by atoms with E-state index in [1.165, 1.54) is 19.3 Å². The lowest BCUT2D eigenvalue weighted by Crippen LogP contribution is -2.40. The molecule has 0 aliphatic heterocycles. The molecule has 1 aliphatic carbocycles. The molecular weight excluding hydrogens is 268 g/mol. The van der Waals surface area contributed by atoms with Crippen LogP contribution in [0.5, 0.6) is 0 Å². The highest BCUT2D eigenvalue weighted by atomic mass is 16.5. The Balaban J connectivity index is 1.81. The Bertz CT molecular complexity index is 582. The lowest BCUT2D eigenvalue weighted by atomic mass is 9.93. The fourth-order valence-electron chi connectivity index (χ4n) is 2.94. The van der Waals surface area contributed by atoms with Gasteiger partial charge in [0.15, 0.2) is 0 Å². The highest BCUT2D eigenvalue weighted by molar-refractivity contribution is 5.91. The number of nitrogens with zero attached hydrogens (tertiary/aromatic N) is 2. The van der Waals surface area contributed by atoms with Gasteiger partial charge in [-0.1, -0.05) is 24.4 Å². The first-order valence-corrected chi connectivity index (χ1v) is 7.49. The van der Waals surface area contributed by atoms with Crippen LogP contribution in [0.25, 0.3) is 0 Å². The van der Waals surface area contributed by atoms with Gasteiger partial charge in [0, 0.05) is 24.2 Å². The summed E-state index contributed by atoms with van der Waals surface area (Å²) in [5.74, 6) is 0.241. The van der Waals surface area contributed by atoms with Gasteiger partial charge in [-0.25, -0.2) is 0 Å². The number of hydrogen-bond acceptors (Lipinski definition) is 4. The van der Waals surface area contributed by atoms with E-state index in [1.807, 2.05) is 17.9 Å². The monoisotopic (exact) mass is 288 g/mol. The summed E-state index contributed by atoms with van der Waals surface area (Å²) < 4.78 is 10.3. The fraction of sp³-hybridized carbons (Fsp3) is 0.500. The Kier molecular flexibility index (Phi) is 4.08. The molecule has 0 radical (unpaired) electrons. The second-order valence-electron chi connectivity index (χ2n) is 5.69. The van der Waals surface area contributed by atoms with E-state index in [0.29, 0.717) is 12.3 Å². The summed E-state index contributed by atoms with van der Waals surface area (Å²) in [6.07, 6.45) is 9.04. The first kappa shape index (κ1) is 13.9. The van der Waals surface area contributed by atoms with Gasteiger partial charge in [-0.15, -0.1) is 0 Å². The number of carbonyl (C=O) groups excluding carboxylic acids is 1. The van der Waals surface area contributed by atoms with Crippen LogP contribution in [0.2, 0.25) is 0 Å². The van der Waals surface area contributed by atoms with Crippen LogP contribution in [0, 0.1) is 6.92 Å². The van der Waals surface area contributed by atoms with Crippen molar-refractivity contribution in [1.82, 2.24) is 10.1 Å². The predicted octanol–water partition coefficient (Wildman–Crippen LogP) is 3.55. The zero-order valence-electron chi connectivity index (χ0n) is 12.2. The summed E-state index contributed by atoms with van der Waals surface area (Å²) in [7, 11) is 0. The molecule has 1 amide bonds. The average Bonchev–Trinajstić information content (AvgIpc) is 3.16. The van der Waals surface area contributed by atoms with Gasteiger partial charge in [-0.3, -0.25) is 4.79 Å². The maximum atomic E-state index is 12.7. The van der Waals surface area contributed by atoms with E-state index in [0.717, 1.165) is 24.1 Å². The van der Waals surface area contributed by atoms with Crippen LogP contribution < -0.4 is 0 Å². The Morgan fingerprint density at radius 1 is 1.38 bits per heavy atom. The average molecular weight is 288 g/mol. The number of amides is 1. The first-order chi connectivity index (χ1) is 10.2. The van der Waals surface area contributed by atoms with Gasteiger partial charge >= 0.3 is 0 Å². The molecule has 0 aromatic carbocycles. The molecule has 2 aromatic heterocycles. The van der Waals surface area contributed by atoms with Gasteiger partial charge in [0.1, 0.15) is 0 Å². The van der Waals surface area contributed by atoms with E-state index >= 15 is 0 Å². The molecule has 0 saturated heterocycles. The topological polar surface area (TPSA) is 59.5 Å². The molecule has 2 heterocycles. The van der Waals surface area contributed by atoms with E-state index in [4.69, 9.17) is 8.94 Å². The molecule has 5 heteroatoms. The summed E-state index contributed by atoms with van der Waals surface area (Å²) in [6.45, 7) is 2.38. The lowest BCUT2D eigenvalue weighted by molar-refractivity contribution is 0.0571. The summed E-state index contributed by atoms with van der Waals surface area (Å²) in [4.78, 5) is 14.7. The minimum Gasteiger partial charge on any atom is -0.472 e. The number of rotatable bonds is 4. The van der Waals surface area contributed by atoms with Crippen molar-refractivity contribution in [3.8, 4) is 0 Å². The zero-order chi connectivity index (χ0) is 14.7. The van der Waals surface area contributed by atoms with E-state index < -0.39 is 0 Å². The van der Waals surface area contributed by atoms with Gasteiger partial charge in [0.05, 0.1) is 18.2 Å². The smallest absolute Gasteiger partial charge is 0.293 e. The molecule has 0 atom stereocenters. The minimum absolute atomic E-state index is 0.0799. The standard InChI is InChI=1S/C16H20N2O3/c1-12-9-15(21-17-12)16(19)18(10-13-7-8-20-11-13)14-5-3-2-4-6-14/h7-9,11,14H,2-6,10H2,1H3. The van der Waals surface area contributed by atoms with Gasteiger partial charge < -0.3 is 13.8 Å². The van der Waals surface area contributed by atoms with Crippen LogP contribution in [-0.4, -0.2) is 22.0 Å². The molecule has 0 N–H and O–H groups in total. The predicted molar refractivity (Wildman–Crippen MR) is 76.7 cm³/mol. The largest absolute Gasteiger partial charge is 0.472 e. The molecule has 21 heavy (non-hydrogen) atoms. The molecule has 2 aromatic rings. The Hall–Kier alpha value is -2.04. The van der Waals surface area contributed by atoms with Gasteiger partial charge in [-0.05, 0) is 25.8 Å². The summed E-state index contributed by atoms with van der Waals surface area (Å²) in [5, 5.41) is 3.82. The normalized spacial score (nSPS) is 16.0. The number of aryl methyl sites for hydroxylation is 1. The number of aromatic nitrogens is 1. The number of furan rings is 1. The summed E-state index contributed by atoms with van der Waals surface area (Å²) in [5.41, 5.74) is 1.73. The van der Waals surface area contributed by atoms with Crippen LogP contribution in [0.4, 0.5) is 0 Å². The van der Waals surface area contributed by atoms with Crippen LogP contribution in [0.3, 0.4) is 0 Å². The van der Waals surface area contributed by atoms with Crippen molar-refractivity contribution in [1.29, 1.82) is 0 Å². The van der Waals surface area contributed by atoms with Crippen molar-refractivity contribution in [2.24, 2.45) is 0 Å². The molecule has 5 nitrogen and oxygen atoms in total. The Labute approximate surface area is 123 Å². The highest BCUT2D eigenvalue weighted by Gasteiger charge is 2.28. The van der Waals surface area contributed by atoms with Crippen molar-refractivity contribution in [3.63, 3.8) is 0 Å². The molecule has 3 rings (SSSR count). The maximum absolute atomic E-state index is 12.7. The van der Waals surface area contributed by atoms with Crippen molar-refractivity contribution < 1.29 is 13.7 Å². The SMILES string of the molecule is Cc1cc(C(=O)N(Cc2ccoc2)C2CCCCC2)on1. The second kappa shape index (κ2) is 6.16. The van der Waals surface area contributed by atoms with Gasteiger partial charge in [0.25, 0.3) is 5.91 Å². The van der Waals surface area contributed by atoms with Crippen LogP contribution >= 0.6 is 0 Å². The quantitative estimate of drug-likeness (QED) is 0.863. The third kappa shape index (κ3) is 3.17. The van der Waals surface area contributed by atoms with Crippen LogP contribution in [0.1, 0.15) is 53.9 Å². The zero-order valence-corrected chi connectivity index (χ0v) is 12.2. The Morgan fingerprint density at radius 3 is 2.81 bits per heavy atom. The van der Waals surface area contributed by atoms with Gasteiger partial charge in [0.2, 0.25) is 5.76 Å². The van der Waals surface area contributed by atoms with E-state index in [-0.39, 0.29) is 11.9 Å². The van der Waals surface area contributed by atoms with Crippen LogP contribution in [0.15, 0.2) is 33.6 Å². The first-order valence-electron chi connectivity index (χ1n) is 7.49. The van der Waals surface area contributed by atoms with E-state index in [2.05, 4.69) is 5.16 Å². The third-order valence-corrected chi connectivity index (χ3v) is 4.05. The minimum atomic E-state index is -0.0799. The number of carbonyl (C=O) groups is 1. The van der Waals surface area contributed by atoms with Crippen molar-refractivity contribution in [3.05, 3.63) is 41.7 Å². The lowest BCUT2D eigenvalue weighted by Gasteiger charge is -2.33. The molecule has 1 aliphatic rings. The maximum Gasteiger partial charge on any atom is 0.293 e. The van der Waals surface area contributed by atoms with Gasteiger partial charge in [-0.2, -0.15) is 0 Å². The van der Waals surface area contributed by atoms with Crippen molar-refractivity contribution in [2.75, 3.05) is 0 Å². The fourth-order valence-corrected chi connectivity index (χ4v) is 2.94. The second-order valence-corrected chi connectivity index (χ2v) is 5.69. The molecule has 0 spiro atoms. The Morgan fingerprint density at radius 2 is 2.19 bits per heavy atom. The molecule has 112 valence electrons. The number of hydrogen-bond donors (Lipinski definition) is 0. The molecule has 0 bridgehead atoms. The highest BCUT2D eigenvalue weighted by Crippen LogP contribution is 2.26. The van der Waals surface area contributed by atoms with E-state index in [1.54, 1.807) is 18.6 Å². The van der Waals surface area contributed by atoms with Crippen molar-refractivity contribution >= 4 is 5.91 Å². The van der Waals surface area contributed by atoms with E-state index in [9.17, 15) is 4.79 Å². The van der Waals surface area contributed by atoms with Crippen LogP contribution in [-0.2, 0) is 6.54 Å².